The number of carbonyl (C=O) groups excluding carboxylic acids is 2. The Morgan fingerprint density at radius 1 is 1.00 bits per heavy atom. The highest BCUT2D eigenvalue weighted by Gasteiger charge is 2.19. The smallest absolute Gasteiger partial charge is 0.255 e. The highest BCUT2D eigenvalue weighted by Crippen LogP contribution is 2.17. The Bertz CT molecular complexity index is 767. The maximum atomic E-state index is 12.6. The lowest BCUT2D eigenvalue weighted by molar-refractivity contribution is 0.0930. The molecule has 1 aliphatic heterocycles. The van der Waals surface area contributed by atoms with Crippen molar-refractivity contribution in [2.45, 2.75) is 25.8 Å². The Balaban J connectivity index is 1.74. The molecule has 1 heterocycles. The summed E-state index contributed by atoms with van der Waals surface area (Å²) in [6.07, 6.45) is 1.84. The number of aryl methyl sites for hydroxylation is 1. The Morgan fingerprint density at radius 3 is 2.52 bits per heavy atom. The van der Waals surface area contributed by atoms with Crippen molar-refractivity contribution in [1.29, 1.82) is 0 Å². The molecule has 0 spiro atoms. The maximum Gasteiger partial charge on any atom is 0.255 e. The van der Waals surface area contributed by atoms with E-state index in [1.807, 2.05) is 31.2 Å². The van der Waals surface area contributed by atoms with E-state index in [-0.39, 0.29) is 17.9 Å². The van der Waals surface area contributed by atoms with Crippen molar-refractivity contribution in [3.8, 4) is 0 Å². The molecule has 2 amide bonds. The van der Waals surface area contributed by atoms with Crippen LogP contribution in [0.3, 0.4) is 0 Å². The van der Waals surface area contributed by atoms with Crippen molar-refractivity contribution in [2.24, 2.45) is 0 Å². The molecule has 1 fully saturated rings. The van der Waals surface area contributed by atoms with Crippen LogP contribution in [-0.4, -0.2) is 30.9 Å². The lowest BCUT2D eigenvalue weighted by atomic mass is 10.1. The van der Waals surface area contributed by atoms with Crippen LogP contribution in [0.4, 0.5) is 5.69 Å². The van der Waals surface area contributed by atoms with Crippen molar-refractivity contribution in [3.63, 3.8) is 0 Å². The summed E-state index contributed by atoms with van der Waals surface area (Å²) in [7, 11) is 0. The average Bonchev–Trinajstić information content (AvgIpc) is 2.63. The Morgan fingerprint density at radius 2 is 1.76 bits per heavy atom. The van der Waals surface area contributed by atoms with E-state index in [1.54, 1.807) is 24.3 Å². The predicted molar refractivity (Wildman–Crippen MR) is 98.9 cm³/mol. The van der Waals surface area contributed by atoms with Crippen molar-refractivity contribution >= 4 is 17.5 Å². The molecular formula is C20H23N3O2. The van der Waals surface area contributed by atoms with Crippen molar-refractivity contribution in [1.82, 2.24) is 10.6 Å². The molecule has 3 N–H and O–H groups in total. The quantitative estimate of drug-likeness (QED) is 0.803. The highest BCUT2D eigenvalue weighted by molar-refractivity contribution is 6.09. The first kappa shape index (κ1) is 17.2. The fourth-order valence-electron chi connectivity index (χ4n) is 3.00. The summed E-state index contributed by atoms with van der Waals surface area (Å²) >= 11 is 0. The summed E-state index contributed by atoms with van der Waals surface area (Å²) in [6, 6.07) is 14.7. The van der Waals surface area contributed by atoms with Gasteiger partial charge in [0.25, 0.3) is 11.8 Å². The van der Waals surface area contributed by atoms with Crippen LogP contribution in [-0.2, 0) is 0 Å². The number of nitrogens with one attached hydrogen (secondary N) is 3. The molecule has 0 unspecified atom stereocenters. The van der Waals surface area contributed by atoms with Crippen LogP contribution in [0.2, 0.25) is 0 Å². The molecule has 1 aliphatic rings. The molecule has 1 saturated heterocycles. The number of amides is 2. The zero-order valence-corrected chi connectivity index (χ0v) is 14.3. The van der Waals surface area contributed by atoms with Gasteiger partial charge < -0.3 is 16.0 Å². The van der Waals surface area contributed by atoms with Gasteiger partial charge in [-0.25, -0.2) is 0 Å². The van der Waals surface area contributed by atoms with Crippen LogP contribution in [0.15, 0.2) is 48.5 Å². The standard InChI is InChI=1S/C20H23N3O2/c1-14-5-4-6-15(13-14)19(24)23-18-8-3-2-7-17(18)20(25)22-16-9-11-21-12-10-16/h2-8,13,16,21H,9-12H2,1H3,(H,22,25)(H,23,24). The predicted octanol–water partition coefficient (Wildman–Crippen LogP) is 2.73. The fraction of sp³-hybridized carbons (Fsp3) is 0.300. The number of hydrogen-bond donors (Lipinski definition) is 3. The van der Waals surface area contributed by atoms with Gasteiger partial charge in [-0.05, 0) is 57.1 Å². The SMILES string of the molecule is Cc1cccc(C(=O)Nc2ccccc2C(=O)NC2CCNCC2)c1. The van der Waals surface area contributed by atoms with E-state index in [0.29, 0.717) is 16.8 Å². The van der Waals surface area contributed by atoms with Gasteiger partial charge in [0.2, 0.25) is 0 Å². The van der Waals surface area contributed by atoms with Crippen LogP contribution < -0.4 is 16.0 Å². The highest BCUT2D eigenvalue weighted by atomic mass is 16.2. The van der Waals surface area contributed by atoms with Gasteiger partial charge >= 0.3 is 0 Å². The van der Waals surface area contributed by atoms with Crippen LogP contribution in [0.5, 0.6) is 0 Å². The monoisotopic (exact) mass is 337 g/mol. The molecule has 0 radical (unpaired) electrons. The third-order valence-corrected chi connectivity index (χ3v) is 4.37. The number of para-hydroxylation sites is 1. The molecular weight excluding hydrogens is 314 g/mol. The minimum Gasteiger partial charge on any atom is -0.349 e. The van der Waals surface area contributed by atoms with E-state index in [1.165, 1.54) is 0 Å². The molecule has 130 valence electrons. The average molecular weight is 337 g/mol. The molecule has 0 atom stereocenters. The van der Waals surface area contributed by atoms with Crippen LogP contribution in [0, 0.1) is 6.92 Å². The van der Waals surface area contributed by atoms with Gasteiger partial charge in [-0.1, -0.05) is 29.8 Å². The Hall–Kier alpha value is -2.66. The number of anilines is 1. The second-order valence-electron chi connectivity index (χ2n) is 6.37. The summed E-state index contributed by atoms with van der Waals surface area (Å²) in [5, 5.41) is 9.21. The second kappa shape index (κ2) is 7.94. The lowest BCUT2D eigenvalue weighted by Gasteiger charge is -2.24. The van der Waals surface area contributed by atoms with Crippen molar-refractivity contribution < 1.29 is 9.59 Å². The molecule has 0 aromatic heterocycles. The fourth-order valence-corrected chi connectivity index (χ4v) is 3.00. The molecule has 5 nitrogen and oxygen atoms in total. The van der Waals surface area contributed by atoms with Crippen molar-refractivity contribution in [2.75, 3.05) is 18.4 Å². The van der Waals surface area contributed by atoms with Gasteiger partial charge in [0, 0.05) is 11.6 Å². The summed E-state index contributed by atoms with van der Waals surface area (Å²) < 4.78 is 0. The minimum atomic E-state index is -0.217. The van der Waals surface area contributed by atoms with E-state index in [0.717, 1.165) is 31.5 Å². The van der Waals surface area contributed by atoms with E-state index < -0.39 is 0 Å². The molecule has 2 aromatic carbocycles. The van der Waals surface area contributed by atoms with Gasteiger partial charge in [-0.2, -0.15) is 0 Å². The second-order valence-corrected chi connectivity index (χ2v) is 6.37. The lowest BCUT2D eigenvalue weighted by Crippen LogP contribution is -2.42. The topological polar surface area (TPSA) is 70.2 Å². The summed E-state index contributed by atoms with van der Waals surface area (Å²) in [6.45, 7) is 3.77. The first-order valence-electron chi connectivity index (χ1n) is 8.62. The first-order valence-corrected chi connectivity index (χ1v) is 8.62. The van der Waals surface area contributed by atoms with Crippen molar-refractivity contribution in [3.05, 3.63) is 65.2 Å². The van der Waals surface area contributed by atoms with Gasteiger partial charge in [-0.3, -0.25) is 9.59 Å². The number of rotatable bonds is 4. The zero-order valence-electron chi connectivity index (χ0n) is 14.3. The van der Waals surface area contributed by atoms with E-state index in [4.69, 9.17) is 0 Å². The molecule has 0 bridgehead atoms. The third-order valence-electron chi connectivity index (χ3n) is 4.37. The number of piperidine rings is 1. The van der Waals surface area contributed by atoms with Crippen LogP contribution in [0.25, 0.3) is 0 Å². The van der Waals surface area contributed by atoms with Crippen LogP contribution >= 0.6 is 0 Å². The van der Waals surface area contributed by atoms with E-state index in [2.05, 4.69) is 16.0 Å². The number of carbonyl (C=O) groups is 2. The molecule has 5 heteroatoms. The zero-order chi connectivity index (χ0) is 17.6. The molecule has 0 aliphatic carbocycles. The number of hydrogen-bond acceptors (Lipinski definition) is 3. The first-order chi connectivity index (χ1) is 12.1. The van der Waals surface area contributed by atoms with E-state index >= 15 is 0 Å². The molecule has 3 rings (SSSR count). The normalized spacial score (nSPS) is 14.8. The summed E-state index contributed by atoms with van der Waals surface area (Å²) in [4.78, 5) is 25.1. The Labute approximate surface area is 147 Å². The van der Waals surface area contributed by atoms with E-state index in [9.17, 15) is 9.59 Å². The van der Waals surface area contributed by atoms with Gasteiger partial charge in [-0.15, -0.1) is 0 Å². The van der Waals surface area contributed by atoms with Gasteiger partial charge in [0.1, 0.15) is 0 Å². The van der Waals surface area contributed by atoms with Crippen LogP contribution in [0.1, 0.15) is 39.1 Å². The maximum absolute atomic E-state index is 12.6. The molecule has 0 saturated carbocycles. The Kier molecular flexibility index (Phi) is 5.46. The summed E-state index contributed by atoms with van der Waals surface area (Å²) in [5.74, 6) is -0.363. The van der Waals surface area contributed by atoms with Gasteiger partial charge in [0.15, 0.2) is 0 Å². The number of benzene rings is 2. The van der Waals surface area contributed by atoms with Gasteiger partial charge in [0.05, 0.1) is 11.3 Å². The third kappa shape index (κ3) is 4.45. The molecule has 2 aromatic rings. The minimum absolute atomic E-state index is 0.146. The molecule has 25 heavy (non-hydrogen) atoms. The summed E-state index contributed by atoms with van der Waals surface area (Å²) in [5.41, 5.74) is 2.61. The largest absolute Gasteiger partial charge is 0.349 e.